The summed E-state index contributed by atoms with van der Waals surface area (Å²) in [7, 11) is -1.74. The Hall–Kier alpha value is -1.86. The van der Waals surface area contributed by atoms with Crippen molar-refractivity contribution >= 4 is 12.6 Å². The van der Waals surface area contributed by atoms with Gasteiger partial charge in [0.25, 0.3) is 0 Å². The first-order valence-electron chi connectivity index (χ1n) is 5.79. The molecule has 0 aliphatic rings. The molecule has 104 valence electrons. The second-order valence-corrected chi connectivity index (χ2v) is 4.40. The lowest BCUT2D eigenvalue weighted by Gasteiger charge is -2.11. The van der Waals surface area contributed by atoms with Crippen LogP contribution in [0.4, 0.5) is 13.2 Å². The summed E-state index contributed by atoms with van der Waals surface area (Å²) in [6, 6.07) is 5.91. The summed E-state index contributed by atoms with van der Waals surface area (Å²) < 4.78 is 37.5. The fourth-order valence-electron chi connectivity index (χ4n) is 1.85. The van der Waals surface area contributed by atoms with Crippen molar-refractivity contribution < 1.29 is 23.2 Å². The van der Waals surface area contributed by atoms with E-state index in [1.165, 1.54) is 24.4 Å². The number of rotatable bonds is 2. The molecular weight excluding hydrogens is 270 g/mol. The van der Waals surface area contributed by atoms with Crippen molar-refractivity contribution in [2.75, 3.05) is 0 Å². The maximum atomic E-state index is 12.5. The highest BCUT2D eigenvalue weighted by atomic mass is 19.4. The van der Waals surface area contributed by atoms with Gasteiger partial charge in [-0.3, -0.25) is 4.98 Å². The normalized spacial score (nSPS) is 11.5. The van der Waals surface area contributed by atoms with Gasteiger partial charge in [0.1, 0.15) is 0 Å². The van der Waals surface area contributed by atoms with Crippen molar-refractivity contribution in [3.8, 4) is 11.3 Å². The zero-order chi connectivity index (χ0) is 14.9. The van der Waals surface area contributed by atoms with Crippen molar-refractivity contribution in [1.29, 1.82) is 0 Å². The molecule has 1 aromatic heterocycles. The van der Waals surface area contributed by atoms with E-state index in [2.05, 4.69) is 4.98 Å². The number of hydrogen-bond acceptors (Lipinski definition) is 3. The van der Waals surface area contributed by atoms with Crippen LogP contribution >= 0.6 is 0 Å². The van der Waals surface area contributed by atoms with Crippen LogP contribution in [0.2, 0.25) is 0 Å². The Morgan fingerprint density at radius 1 is 1.10 bits per heavy atom. The van der Waals surface area contributed by atoms with E-state index >= 15 is 0 Å². The number of aryl methyl sites for hydroxylation is 1. The molecule has 1 heterocycles. The molecule has 0 radical (unpaired) electrons. The lowest BCUT2D eigenvalue weighted by molar-refractivity contribution is -0.137. The molecule has 0 unspecified atom stereocenters. The van der Waals surface area contributed by atoms with E-state index in [0.717, 1.165) is 17.7 Å². The third-order valence-corrected chi connectivity index (χ3v) is 2.82. The molecule has 0 saturated carbocycles. The Balaban J connectivity index is 2.47. The van der Waals surface area contributed by atoms with Gasteiger partial charge in [-0.1, -0.05) is 18.2 Å². The zero-order valence-corrected chi connectivity index (χ0v) is 10.5. The van der Waals surface area contributed by atoms with Crippen LogP contribution in [0.25, 0.3) is 11.3 Å². The summed E-state index contributed by atoms with van der Waals surface area (Å²) in [6.07, 6.45) is -2.89. The molecule has 1 aromatic carbocycles. The highest BCUT2D eigenvalue weighted by Crippen LogP contribution is 2.30. The third-order valence-electron chi connectivity index (χ3n) is 2.82. The minimum absolute atomic E-state index is 0.157. The van der Waals surface area contributed by atoms with Crippen LogP contribution in [0.5, 0.6) is 0 Å². The summed E-state index contributed by atoms with van der Waals surface area (Å²) in [6.45, 7) is 1.73. The van der Waals surface area contributed by atoms with E-state index in [9.17, 15) is 23.2 Å². The molecule has 0 saturated heterocycles. The second kappa shape index (κ2) is 5.26. The van der Waals surface area contributed by atoms with Crippen molar-refractivity contribution in [1.82, 2.24) is 4.98 Å². The van der Waals surface area contributed by atoms with Crippen molar-refractivity contribution in [3.05, 3.63) is 47.7 Å². The summed E-state index contributed by atoms with van der Waals surface area (Å²) in [5.74, 6) is 0. The van der Waals surface area contributed by atoms with Gasteiger partial charge in [-0.25, -0.2) is 0 Å². The molecule has 7 heteroatoms. The van der Waals surface area contributed by atoms with Crippen LogP contribution in [0.1, 0.15) is 11.1 Å². The number of pyridine rings is 1. The van der Waals surface area contributed by atoms with Crippen molar-refractivity contribution in [2.24, 2.45) is 0 Å². The molecule has 20 heavy (non-hydrogen) atoms. The molecule has 0 amide bonds. The van der Waals surface area contributed by atoms with Gasteiger partial charge >= 0.3 is 13.3 Å². The fourth-order valence-corrected chi connectivity index (χ4v) is 1.85. The number of aromatic nitrogens is 1. The van der Waals surface area contributed by atoms with Gasteiger partial charge in [-0.05, 0) is 30.2 Å². The van der Waals surface area contributed by atoms with Gasteiger partial charge in [0.2, 0.25) is 0 Å². The molecule has 2 rings (SSSR count). The number of alkyl halides is 3. The van der Waals surface area contributed by atoms with E-state index in [1.807, 2.05) is 0 Å². The molecule has 3 nitrogen and oxygen atoms in total. The average Bonchev–Trinajstić information content (AvgIpc) is 2.37. The quantitative estimate of drug-likeness (QED) is 0.825. The molecular formula is C13H11BF3NO2. The standard InChI is InChI=1S/C13H11BF3NO2/c1-8-6-11(14(19)20)12(18-7-8)9-2-4-10(5-3-9)13(15,16)17/h2-7,19-20H,1H3. The molecule has 2 aromatic rings. The maximum Gasteiger partial charge on any atom is 0.490 e. The number of benzene rings is 1. The van der Waals surface area contributed by atoms with Gasteiger partial charge in [0, 0.05) is 11.7 Å². The van der Waals surface area contributed by atoms with Crippen LogP contribution in [0.3, 0.4) is 0 Å². The number of hydrogen-bond donors (Lipinski definition) is 2. The number of nitrogens with zero attached hydrogens (tertiary/aromatic N) is 1. The Bertz CT molecular complexity index is 612. The Kier molecular flexibility index (Phi) is 3.83. The molecule has 2 N–H and O–H groups in total. The SMILES string of the molecule is Cc1cnc(-c2ccc(C(F)(F)F)cc2)c(B(O)O)c1. The van der Waals surface area contributed by atoms with Gasteiger partial charge in [0.05, 0.1) is 11.3 Å². The number of halogens is 3. The average molecular weight is 281 g/mol. The molecule has 0 spiro atoms. The minimum Gasteiger partial charge on any atom is -0.423 e. The Morgan fingerprint density at radius 3 is 2.20 bits per heavy atom. The summed E-state index contributed by atoms with van der Waals surface area (Å²) in [4.78, 5) is 4.06. The van der Waals surface area contributed by atoms with Gasteiger partial charge in [0.15, 0.2) is 0 Å². The predicted octanol–water partition coefficient (Wildman–Crippen LogP) is 1.76. The third kappa shape index (κ3) is 3.00. The van der Waals surface area contributed by atoms with Crippen LogP contribution < -0.4 is 5.46 Å². The second-order valence-electron chi connectivity index (χ2n) is 4.40. The Labute approximate surface area is 113 Å². The molecule has 0 aliphatic carbocycles. The van der Waals surface area contributed by atoms with Gasteiger partial charge in [-0.15, -0.1) is 0 Å². The Morgan fingerprint density at radius 2 is 1.70 bits per heavy atom. The summed E-state index contributed by atoms with van der Waals surface area (Å²) >= 11 is 0. The smallest absolute Gasteiger partial charge is 0.423 e. The van der Waals surface area contributed by atoms with Crippen LogP contribution in [0, 0.1) is 6.92 Å². The first-order chi connectivity index (χ1) is 9.29. The monoisotopic (exact) mass is 281 g/mol. The highest BCUT2D eigenvalue weighted by Gasteiger charge is 2.30. The van der Waals surface area contributed by atoms with Crippen LogP contribution in [0.15, 0.2) is 36.5 Å². The van der Waals surface area contributed by atoms with Gasteiger partial charge in [-0.2, -0.15) is 13.2 Å². The van der Waals surface area contributed by atoms with E-state index in [1.54, 1.807) is 6.92 Å². The minimum atomic E-state index is -4.40. The maximum absolute atomic E-state index is 12.5. The molecule has 0 fully saturated rings. The lowest BCUT2D eigenvalue weighted by atomic mass is 9.77. The molecule has 0 atom stereocenters. The zero-order valence-electron chi connectivity index (χ0n) is 10.5. The highest BCUT2D eigenvalue weighted by molar-refractivity contribution is 6.60. The predicted molar refractivity (Wildman–Crippen MR) is 69.2 cm³/mol. The summed E-state index contributed by atoms with van der Waals surface area (Å²) in [5.41, 5.74) is 0.758. The van der Waals surface area contributed by atoms with E-state index in [-0.39, 0.29) is 11.2 Å². The van der Waals surface area contributed by atoms with E-state index in [4.69, 9.17) is 0 Å². The topological polar surface area (TPSA) is 53.4 Å². The van der Waals surface area contributed by atoms with Crippen LogP contribution in [-0.2, 0) is 6.18 Å². The van der Waals surface area contributed by atoms with Crippen molar-refractivity contribution in [2.45, 2.75) is 13.1 Å². The largest absolute Gasteiger partial charge is 0.490 e. The van der Waals surface area contributed by atoms with E-state index < -0.39 is 18.9 Å². The van der Waals surface area contributed by atoms with Crippen molar-refractivity contribution in [3.63, 3.8) is 0 Å². The first kappa shape index (κ1) is 14.6. The first-order valence-corrected chi connectivity index (χ1v) is 5.79. The van der Waals surface area contributed by atoms with Crippen LogP contribution in [-0.4, -0.2) is 22.2 Å². The van der Waals surface area contributed by atoms with E-state index in [0.29, 0.717) is 5.56 Å². The summed E-state index contributed by atoms with van der Waals surface area (Å²) in [5, 5.41) is 18.6. The van der Waals surface area contributed by atoms with Gasteiger partial charge < -0.3 is 10.0 Å². The molecule has 0 bridgehead atoms. The fraction of sp³-hybridized carbons (Fsp3) is 0.154. The molecule has 0 aliphatic heterocycles. The lowest BCUT2D eigenvalue weighted by Crippen LogP contribution is -2.32.